The molecule has 3 rings (SSSR count). The predicted octanol–water partition coefficient (Wildman–Crippen LogP) is 5.99. The average Bonchev–Trinajstić information content (AvgIpc) is 2.75. The van der Waals surface area contributed by atoms with Crippen LogP contribution < -0.4 is 9.04 Å². The zero-order chi connectivity index (χ0) is 23.5. The highest BCUT2D eigenvalue weighted by molar-refractivity contribution is 9.10. The lowest BCUT2D eigenvalue weighted by Gasteiger charge is -2.25. The van der Waals surface area contributed by atoms with Crippen LogP contribution in [0.15, 0.2) is 76.1 Å². The lowest BCUT2D eigenvalue weighted by atomic mass is 10.0. The third kappa shape index (κ3) is 5.22. The molecule has 0 atom stereocenters. The van der Waals surface area contributed by atoms with Gasteiger partial charge in [0.05, 0.1) is 15.1 Å². The number of amides is 1. The van der Waals surface area contributed by atoms with Crippen LogP contribution in [0.1, 0.15) is 36.5 Å². The molecule has 168 valence electrons. The lowest BCUT2D eigenvalue weighted by Crippen LogP contribution is -2.40. The molecule has 0 saturated heterocycles. The summed E-state index contributed by atoms with van der Waals surface area (Å²) >= 11 is 3.48. The van der Waals surface area contributed by atoms with Crippen molar-refractivity contribution in [3.63, 3.8) is 0 Å². The fourth-order valence-electron chi connectivity index (χ4n) is 3.23. The van der Waals surface area contributed by atoms with E-state index in [1.54, 1.807) is 43.3 Å². The molecule has 32 heavy (non-hydrogen) atoms. The van der Waals surface area contributed by atoms with Gasteiger partial charge in [-0.1, -0.05) is 50.2 Å². The SMILES string of the molecule is Cc1ccc(C)c(N(C(=O)COc2ccc(C(C)C)cc2Br)S(=O)(=O)c2ccccc2)c1. The van der Waals surface area contributed by atoms with Gasteiger partial charge in [0.2, 0.25) is 0 Å². The highest BCUT2D eigenvalue weighted by Gasteiger charge is 2.32. The summed E-state index contributed by atoms with van der Waals surface area (Å²) < 4.78 is 34.2. The van der Waals surface area contributed by atoms with Crippen molar-refractivity contribution in [1.82, 2.24) is 0 Å². The van der Waals surface area contributed by atoms with E-state index in [0.717, 1.165) is 15.4 Å². The van der Waals surface area contributed by atoms with Crippen LogP contribution in [0.5, 0.6) is 5.75 Å². The minimum atomic E-state index is -4.13. The third-order valence-corrected chi connectivity index (χ3v) is 7.43. The maximum Gasteiger partial charge on any atom is 0.278 e. The van der Waals surface area contributed by atoms with Crippen LogP contribution in [0.4, 0.5) is 5.69 Å². The van der Waals surface area contributed by atoms with Gasteiger partial charge in [-0.3, -0.25) is 4.79 Å². The number of carbonyl (C=O) groups excluding carboxylic acids is 1. The molecule has 0 aliphatic heterocycles. The summed E-state index contributed by atoms with van der Waals surface area (Å²) in [5.41, 5.74) is 2.96. The van der Waals surface area contributed by atoms with Crippen molar-refractivity contribution in [1.29, 1.82) is 0 Å². The van der Waals surface area contributed by atoms with E-state index < -0.39 is 22.5 Å². The van der Waals surface area contributed by atoms with Crippen molar-refractivity contribution in [2.24, 2.45) is 0 Å². The van der Waals surface area contributed by atoms with Crippen LogP contribution in [0.2, 0.25) is 0 Å². The van der Waals surface area contributed by atoms with Crippen molar-refractivity contribution in [2.45, 2.75) is 38.5 Å². The minimum absolute atomic E-state index is 0.0386. The molecule has 0 bridgehead atoms. The Labute approximate surface area is 198 Å². The molecule has 0 saturated carbocycles. The molecular weight excluding hydrogens is 490 g/mol. The Morgan fingerprint density at radius 3 is 2.31 bits per heavy atom. The number of aryl methyl sites for hydroxylation is 2. The van der Waals surface area contributed by atoms with Crippen LogP contribution in [-0.4, -0.2) is 20.9 Å². The molecule has 0 aliphatic rings. The zero-order valence-electron chi connectivity index (χ0n) is 18.5. The second-order valence-corrected chi connectivity index (χ2v) is 10.5. The number of ether oxygens (including phenoxy) is 1. The number of halogens is 1. The van der Waals surface area contributed by atoms with E-state index in [9.17, 15) is 13.2 Å². The number of carbonyl (C=O) groups is 1. The molecule has 0 N–H and O–H groups in total. The molecule has 0 aliphatic carbocycles. The lowest BCUT2D eigenvalue weighted by molar-refractivity contribution is -0.119. The predicted molar refractivity (Wildman–Crippen MR) is 131 cm³/mol. The highest BCUT2D eigenvalue weighted by atomic mass is 79.9. The van der Waals surface area contributed by atoms with Gasteiger partial charge in [0.1, 0.15) is 5.75 Å². The summed E-state index contributed by atoms with van der Waals surface area (Å²) in [7, 11) is -4.13. The van der Waals surface area contributed by atoms with Crippen molar-refractivity contribution in [2.75, 3.05) is 10.9 Å². The average molecular weight is 516 g/mol. The first-order chi connectivity index (χ1) is 15.1. The van der Waals surface area contributed by atoms with E-state index in [4.69, 9.17) is 4.74 Å². The Kier molecular flexibility index (Phi) is 7.41. The summed E-state index contributed by atoms with van der Waals surface area (Å²) in [6.45, 7) is 7.37. The number of nitrogens with zero attached hydrogens (tertiary/aromatic N) is 1. The van der Waals surface area contributed by atoms with Crippen LogP contribution in [0.3, 0.4) is 0 Å². The Hall–Kier alpha value is -2.64. The minimum Gasteiger partial charge on any atom is -0.483 e. The van der Waals surface area contributed by atoms with Gasteiger partial charge in [0.15, 0.2) is 6.61 Å². The van der Waals surface area contributed by atoms with Gasteiger partial charge in [-0.15, -0.1) is 0 Å². The van der Waals surface area contributed by atoms with Crippen molar-refractivity contribution >= 4 is 37.5 Å². The number of hydrogen-bond donors (Lipinski definition) is 0. The van der Waals surface area contributed by atoms with E-state index in [1.807, 2.05) is 25.1 Å². The molecule has 1 amide bonds. The quantitative estimate of drug-likeness (QED) is 0.387. The second-order valence-electron chi connectivity index (χ2n) is 7.90. The number of rotatable bonds is 7. The largest absolute Gasteiger partial charge is 0.483 e. The monoisotopic (exact) mass is 515 g/mol. The summed E-state index contributed by atoms with van der Waals surface area (Å²) in [6, 6.07) is 18.9. The van der Waals surface area contributed by atoms with Crippen molar-refractivity contribution in [3.8, 4) is 5.75 Å². The standard InChI is InChI=1S/C25H26BrNO4S/c1-17(2)20-12-13-24(22(26)15-20)31-16-25(28)27(23-14-18(3)10-11-19(23)4)32(29,30)21-8-6-5-7-9-21/h5-15,17H,16H2,1-4H3. The molecule has 7 heteroatoms. The summed E-state index contributed by atoms with van der Waals surface area (Å²) in [6.07, 6.45) is 0. The van der Waals surface area contributed by atoms with Gasteiger partial charge >= 0.3 is 0 Å². The first-order valence-corrected chi connectivity index (χ1v) is 12.5. The normalized spacial score (nSPS) is 11.4. The fourth-order valence-corrected chi connectivity index (χ4v) is 5.22. The van der Waals surface area contributed by atoms with E-state index >= 15 is 0 Å². The molecule has 0 unspecified atom stereocenters. The number of hydrogen-bond acceptors (Lipinski definition) is 4. The van der Waals surface area contributed by atoms with Gasteiger partial charge in [-0.2, -0.15) is 4.31 Å². The van der Waals surface area contributed by atoms with Gasteiger partial charge < -0.3 is 4.74 Å². The maximum atomic E-state index is 13.5. The number of anilines is 1. The van der Waals surface area contributed by atoms with Crippen LogP contribution >= 0.6 is 15.9 Å². The molecule has 5 nitrogen and oxygen atoms in total. The molecule has 3 aromatic carbocycles. The maximum absolute atomic E-state index is 13.5. The first kappa shape index (κ1) is 24.0. The molecule has 0 spiro atoms. The smallest absolute Gasteiger partial charge is 0.278 e. The zero-order valence-corrected chi connectivity index (χ0v) is 20.9. The second kappa shape index (κ2) is 9.88. The van der Waals surface area contributed by atoms with E-state index in [1.165, 1.54) is 12.1 Å². The van der Waals surface area contributed by atoms with Crippen molar-refractivity contribution < 1.29 is 17.9 Å². The van der Waals surface area contributed by atoms with E-state index in [0.29, 0.717) is 27.4 Å². The highest BCUT2D eigenvalue weighted by Crippen LogP contribution is 2.31. The Balaban J connectivity index is 1.97. The van der Waals surface area contributed by atoms with E-state index in [2.05, 4.69) is 29.8 Å². The first-order valence-electron chi connectivity index (χ1n) is 10.2. The molecule has 3 aromatic rings. The molecule has 0 heterocycles. The fraction of sp³-hybridized carbons (Fsp3) is 0.240. The topological polar surface area (TPSA) is 63.7 Å². The third-order valence-electron chi connectivity index (χ3n) is 5.07. The number of sulfonamides is 1. The number of benzene rings is 3. The van der Waals surface area contributed by atoms with Crippen molar-refractivity contribution in [3.05, 3.63) is 87.9 Å². The van der Waals surface area contributed by atoms with Gasteiger partial charge in [-0.05, 0) is 82.7 Å². The molecule has 0 aromatic heterocycles. The van der Waals surface area contributed by atoms with Gasteiger partial charge in [0.25, 0.3) is 15.9 Å². The van der Waals surface area contributed by atoms with Gasteiger partial charge in [0, 0.05) is 0 Å². The summed E-state index contributed by atoms with van der Waals surface area (Å²) in [4.78, 5) is 13.3. The Morgan fingerprint density at radius 2 is 1.69 bits per heavy atom. The Morgan fingerprint density at radius 1 is 1.00 bits per heavy atom. The van der Waals surface area contributed by atoms with Gasteiger partial charge in [-0.25, -0.2) is 8.42 Å². The van der Waals surface area contributed by atoms with Crippen LogP contribution in [0.25, 0.3) is 0 Å². The Bertz CT molecular complexity index is 1220. The van der Waals surface area contributed by atoms with Crippen LogP contribution in [0, 0.1) is 13.8 Å². The molecule has 0 radical (unpaired) electrons. The van der Waals surface area contributed by atoms with Crippen LogP contribution in [-0.2, 0) is 14.8 Å². The molecular formula is C25H26BrNO4S. The van der Waals surface area contributed by atoms with E-state index in [-0.39, 0.29) is 4.90 Å². The molecule has 0 fully saturated rings. The summed E-state index contributed by atoms with van der Waals surface area (Å²) in [5.74, 6) is 0.140. The summed E-state index contributed by atoms with van der Waals surface area (Å²) in [5, 5.41) is 0.